The van der Waals surface area contributed by atoms with Crippen molar-refractivity contribution in [1.29, 1.82) is 0 Å². The summed E-state index contributed by atoms with van der Waals surface area (Å²) in [6.07, 6.45) is 6.98. The van der Waals surface area contributed by atoms with E-state index in [0.29, 0.717) is 4.32 Å². The van der Waals surface area contributed by atoms with Gasteiger partial charge in [-0.15, -0.1) is 0 Å². The quantitative estimate of drug-likeness (QED) is 0.465. The molecule has 0 heterocycles. The zero-order chi connectivity index (χ0) is 9.19. The van der Waals surface area contributed by atoms with Crippen molar-refractivity contribution in [1.82, 2.24) is 0 Å². The molecule has 2 unspecified atom stereocenters. The van der Waals surface area contributed by atoms with Crippen LogP contribution in [0.25, 0.3) is 0 Å². The lowest BCUT2D eigenvalue weighted by molar-refractivity contribution is 0.340. The van der Waals surface area contributed by atoms with Gasteiger partial charge >= 0.3 is 0 Å². The molecule has 1 aliphatic rings. The zero-order valence-electron chi connectivity index (χ0n) is 8.57. The Labute approximate surface area is 85.3 Å². The lowest BCUT2D eigenvalue weighted by Gasteiger charge is -2.21. The van der Waals surface area contributed by atoms with Crippen molar-refractivity contribution in [2.45, 2.75) is 57.2 Å². The first kappa shape index (κ1) is 10.6. The first-order valence-electron chi connectivity index (χ1n) is 5.20. The average Bonchev–Trinajstić information content (AvgIpc) is 2.10. The number of hydrogen-bond donors (Lipinski definition) is 0. The monoisotopic (exact) mass is 232 g/mol. The molecule has 0 saturated heterocycles. The zero-order valence-corrected chi connectivity index (χ0v) is 10.2. The number of alkyl halides is 1. The van der Waals surface area contributed by atoms with Gasteiger partial charge in [-0.3, -0.25) is 0 Å². The van der Waals surface area contributed by atoms with E-state index in [2.05, 4.69) is 36.7 Å². The Morgan fingerprint density at radius 2 is 1.92 bits per heavy atom. The predicted molar refractivity (Wildman–Crippen MR) is 58.7 cm³/mol. The Bertz CT molecular complexity index is 138. The van der Waals surface area contributed by atoms with Crippen LogP contribution in [0.1, 0.15) is 52.9 Å². The maximum Gasteiger partial charge on any atom is 0.0230 e. The minimum atomic E-state index is 0.441. The summed E-state index contributed by atoms with van der Waals surface area (Å²) in [6.45, 7) is 7.07. The molecule has 0 aromatic heterocycles. The fourth-order valence-corrected chi connectivity index (χ4v) is 2.66. The van der Waals surface area contributed by atoms with Gasteiger partial charge in [-0.2, -0.15) is 0 Å². The van der Waals surface area contributed by atoms with Crippen LogP contribution in [-0.2, 0) is 0 Å². The molecule has 0 radical (unpaired) electrons. The molecule has 0 spiro atoms. The van der Waals surface area contributed by atoms with Crippen molar-refractivity contribution in [2.24, 2.45) is 11.8 Å². The van der Waals surface area contributed by atoms with Gasteiger partial charge in [-0.1, -0.05) is 42.6 Å². The van der Waals surface area contributed by atoms with Crippen molar-refractivity contribution >= 4 is 15.9 Å². The Morgan fingerprint density at radius 1 is 1.25 bits per heavy atom. The van der Waals surface area contributed by atoms with Crippen LogP contribution in [0.3, 0.4) is 0 Å². The summed E-state index contributed by atoms with van der Waals surface area (Å²) in [5, 5.41) is 0. The van der Waals surface area contributed by atoms with Crippen LogP contribution < -0.4 is 0 Å². The topological polar surface area (TPSA) is 0 Å². The minimum absolute atomic E-state index is 0.441. The molecular formula is C11H21Br. The molecule has 0 amide bonds. The van der Waals surface area contributed by atoms with Crippen LogP contribution in [0.15, 0.2) is 0 Å². The van der Waals surface area contributed by atoms with Crippen LogP contribution in [-0.4, -0.2) is 4.32 Å². The van der Waals surface area contributed by atoms with Crippen LogP contribution in [0.4, 0.5) is 0 Å². The summed E-state index contributed by atoms with van der Waals surface area (Å²) in [6, 6.07) is 0. The highest BCUT2D eigenvalue weighted by atomic mass is 79.9. The summed E-state index contributed by atoms with van der Waals surface area (Å²) in [4.78, 5) is 0. The van der Waals surface area contributed by atoms with Gasteiger partial charge in [-0.25, -0.2) is 0 Å². The summed E-state index contributed by atoms with van der Waals surface area (Å²) < 4.78 is 0.441. The predicted octanol–water partition coefficient (Wildman–Crippen LogP) is 4.38. The van der Waals surface area contributed by atoms with Crippen molar-refractivity contribution in [3.63, 3.8) is 0 Å². The van der Waals surface area contributed by atoms with Gasteiger partial charge in [0, 0.05) is 4.32 Å². The SMILES string of the molecule is CC(C)C1CCCC(C)(Br)CC1. The molecule has 0 nitrogen and oxygen atoms in total. The third-order valence-corrected chi connectivity index (χ3v) is 4.05. The molecular weight excluding hydrogens is 212 g/mol. The maximum atomic E-state index is 3.82. The van der Waals surface area contributed by atoms with Gasteiger partial charge in [0.05, 0.1) is 0 Å². The second-order valence-corrected chi connectivity index (χ2v) is 6.76. The van der Waals surface area contributed by atoms with E-state index in [-0.39, 0.29) is 0 Å². The smallest absolute Gasteiger partial charge is 0.0230 e. The van der Waals surface area contributed by atoms with E-state index in [4.69, 9.17) is 0 Å². The highest BCUT2D eigenvalue weighted by molar-refractivity contribution is 9.10. The van der Waals surface area contributed by atoms with E-state index in [1.807, 2.05) is 0 Å². The number of rotatable bonds is 1. The van der Waals surface area contributed by atoms with E-state index in [1.165, 1.54) is 32.1 Å². The standard InChI is InChI=1S/C11H21Br/c1-9(2)10-5-4-7-11(3,12)8-6-10/h9-10H,4-8H2,1-3H3. The molecule has 1 fully saturated rings. The minimum Gasteiger partial charge on any atom is -0.0856 e. The lowest BCUT2D eigenvalue weighted by atomic mass is 9.88. The van der Waals surface area contributed by atoms with Gasteiger partial charge < -0.3 is 0 Å². The van der Waals surface area contributed by atoms with Gasteiger partial charge in [0.1, 0.15) is 0 Å². The highest BCUT2D eigenvalue weighted by Gasteiger charge is 2.26. The van der Waals surface area contributed by atoms with Crippen molar-refractivity contribution < 1.29 is 0 Å². The van der Waals surface area contributed by atoms with Gasteiger partial charge in [0.2, 0.25) is 0 Å². The van der Waals surface area contributed by atoms with E-state index >= 15 is 0 Å². The molecule has 1 heteroatoms. The Morgan fingerprint density at radius 3 is 2.50 bits per heavy atom. The Hall–Kier alpha value is 0.480. The number of halogens is 1. The van der Waals surface area contributed by atoms with Crippen LogP contribution >= 0.6 is 15.9 Å². The molecule has 1 aliphatic carbocycles. The number of hydrogen-bond acceptors (Lipinski definition) is 0. The summed E-state index contributed by atoms with van der Waals surface area (Å²) in [5.74, 6) is 1.86. The molecule has 12 heavy (non-hydrogen) atoms. The highest BCUT2D eigenvalue weighted by Crippen LogP contribution is 2.38. The molecule has 2 atom stereocenters. The Balaban J connectivity index is 2.45. The third-order valence-electron chi connectivity index (χ3n) is 3.25. The fourth-order valence-electron chi connectivity index (χ4n) is 2.16. The largest absolute Gasteiger partial charge is 0.0856 e. The van der Waals surface area contributed by atoms with Gasteiger partial charge in [0.15, 0.2) is 0 Å². The van der Waals surface area contributed by atoms with Gasteiger partial charge in [0.25, 0.3) is 0 Å². The summed E-state index contributed by atoms with van der Waals surface area (Å²) in [7, 11) is 0. The van der Waals surface area contributed by atoms with E-state index in [9.17, 15) is 0 Å². The molecule has 0 aromatic rings. The third kappa shape index (κ3) is 3.08. The second-order valence-electron chi connectivity index (χ2n) is 4.85. The summed E-state index contributed by atoms with van der Waals surface area (Å²) in [5.41, 5.74) is 0. The normalized spacial score (nSPS) is 38.2. The van der Waals surface area contributed by atoms with E-state index in [1.54, 1.807) is 0 Å². The molecule has 0 aliphatic heterocycles. The lowest BCUT2D eigenvalue weighted by Crippen LogP contribution is -2.14. The van der Waals surface area contributed by atoms with Crippen LogP contribution in [0.2, 0.25) is 0 Å². The first-order chi connectivity index (χ1) is 5.51. The molecule has 0 bridgehead atoms. The maximum absolute atomic E-state index is 3.82. The average molecular weight is 233 g/mol. The van der Waals surface area contributed by atoms with Crippen molar-refractivity contribution in [3.05, 3.63) is 0 Å². The van der Waals surface area contributed by atoms with Crippen LogP contribution in [0.5, 0.6) is 0 Å². The van der Waals surface area contributed by atoms with Crippen molar-refractivity contribution in [3.8, 4) is 0 Å². The van der Waals surface area contributed by atoms with E-state index < -0.39 is 0 Å². The van der Waals surface area contributed by atoms with Crippen LogP contribution in [0, 0.1) is 11.8 Å². The molecule has 0 aromatic carbocycles. The van der Waals surface area contributed by atoms with Gasteiger partial charge in [-0.05, 0) is 38.0 Å². The molecule has 1 rings (SSSR count). The Kier molecular flexibility index (Phi) is 3.63. The summed E-state index contributed by atoms with van der Waals surface area (Å²) >= 11 is 3.82. The molecule has 1 saturated carbocycles. The van der Waals surface area contributed by atoms with E-state index in [0.717, 1.165) is 11.8 Å². The second kappa shape index (κ2) is 4.13. The fraction of sp³-hybridized carbons (Fsp3) is 1.00. The first-order valence-corrected chi connectivity index (χ1v) is 5.99. The van der Waals surface area contributed by atoms with Crippen molar-refractivity contribution in [2.75, 3.05) is 0 Å². The molecule has 0 N–H and O–H groups in total. The molecule has 72 valence electrons.